The van der Waals surface area contributed by atoms with Gasteiger partial charge in [0.25, 0.3) is 5.91 Å². The maximum Gasteiger partial charge on any atom is 0.272 e. The van der Waals surface area contributed by atoms with Crippen molar-refractivity contribution in [3.05, 3.63) is 41.2 Å². The number of nitrogens with zero attached hydrogens (tertiary/aromatic N) is 2. The number of aromatic nitrogens is 2. The molecule has 7 nitrogen and oxygen atoms in total. The third-order valence-corrected chi connectivity index (χ3v) is 5.07. The molecule has 2 N–H and O–H groups in total. The molecule has 1 aliphatic heterocycles. The molecule has 0 radical (unpaired) electrons. The van der Waals surface area contributed by atoms with Gasteiger partial charge in [0.1, 0.15) is 5.69 Å². The molecule has 2 atom stereocenters. The maximum absolute atomic E-state index is 12.7. The first-order valence-electron chi connectivity index (χ1n) is 9.32. The predicted octanol–water partition coefficient (Wildman–Crippen LogP) is 3.05. The SMILES string of the molecule is COc1cc(C)c(C(C)NC(=O)c2ccn(C3CCCNC3)n2)cc1OC.Cl. The largest absolute Gasteiger partial charge is 0.493 e. The molecule has 3 rings (SSSR count). The molecule has 0 bridgehead atoms. The minimum Gasteiger partial charge on any atom is -0.493 e. The molecule has 154 valence electrons. The van der Waals surface area contributed by atoms with E-state index in [9.17, 15) is 4.79 Å². The monoisotopic (exact) mass is 408 g/mol. The lowest BCUT2D eigenvalue weighted by molar-refractivity contribution is 0.0933. The Balaban J connectivity index is 0.00000280. The first-order chi connectivity index (χ1) is 13.0. The number of hydrogen-bond acceptors (Lipinski definition) is 5. The number of benzene rings is 1. The third-order valence-electron chi connectivity index (χ3n) is 5.07. The van der Waals surface area contributed by atoms with E-state index in [1.165, 1.54) is 0 Å². The van der Waals surface area contributed by atoms with Gasteiger partial charge in [-0.1, -0.05) is 0 Å². The van der Waals surface area contributed by atoms with Gasteiger partial charge in [0.05, 0.1) is 26.3 Å². The van der Waals surface area contributed by atoms with E-state index in [-0.39, 0.29) is 24.4 Å². The van der Waals surface area contributed by atoms with E-state index in [0.29, 0.717) is 23.2 Å². The number of amides is 1. The van der Waals surface area contributed by atoms with E-state index in [1.54, 1.807) is 20.3 Å². The highest BCUT2D eigenvalue weighted by Gasteiger charge is 2.20. The third kappa shape index (κ3) is 4.77. The molecule has 28 heavy (non-hydrogen) atoms. The van der Waals surface area contributed by atoms with Crippen LogP contribution in [-0.2, 0) is 0 Å². The van der Waals surface area contributed by atoms with Crippen LogP contribution in [-0.4, -0.2) is 43.0 Å². The Kier molecular flexibility index (Phi) is 7.71. The summed E-state index contributed by atoms with van der Waals surface area (Å²) in [6.07, 6.45) is 4.09. The van der Waals surface area contributed by atoms with E-state index in [4.69, 9.17) is 9.47 Å². The van der Waals surface area contributed by atoms with E-state index in [1.807, 2.05) is 36.9 Å². The minimum absolute atomic E-state index is 0. The number of aryl methyl sites for hydroxylation is 1. The Morgan fingerprint density at radius 2 is 2.04 bits per heavy atom. The van der Waals surface area contributed by atoms with Crippen LogP contribution in [0.15, 0.2) is 24.4 Å². The quantitative estimate of drug-likeness (QED) is 0.768. The first-order valence-corrected chi connectivity index (χ1v) is 9.32. The van der Waals surface area contributed by atoms with Crippen molar-refractivity contribution >= 4 is 18.3 Å². The lowest BCUT2D eigenvalue weighted by Gasteiger charge is -2.23. The van der Waals surface area contributed by atoms with Gasteiger partial charge >= 0.3 is 0 Å². The summed E-state index contributed by atoms with van der Waals surface area (Å²) >= 11 is 0. The lowest BCUT2D eigenvalue weighted by Crippen LogP contribution is -2.32. The van der Waals surface area contributed by atoms with Crippen LogP contribution >= 0.6 is 12.4 Å². The number of halogens is 1. The Morgan fingerprint density at radius 3 is 2.68 bits per heavy atom. The summed E-state index contributed by atoms with van der Waals surface area (Å²) in [4.78, 5) is 12.7. The highest BCUT2D eigenvalue weighted by molar-refractivity contribution is 5.92. The number of hydrogen-bond donors (Lipinski definition) is 2. The van der Waals surface area contributed by atoms with E-state index >= 15 is 0 Å². The topological polar surface area (TPSA) is 77.4 Å². The lowest BCUT2D eigenvalue weighted by atomic mass is 10.0. The van der Waals surface area contributed by atoms with Gasteiger partial charge in [-0.15, -0.1) is 12.4 Å². The maximum atomic E-state index is 12.7. The second kappa shape index (κ2) is 9.80. The standard InChI is InChI=1S/C20H28N4O3.ClH/c1-13-10-18(26-3)19(27-4)11-16(13)14(2)22-20(25)17-7-9-24(23-17)15-6-5-8-21-12-15;/h7,9-11,14-15,21H,5-6,8,12H2,1-4H3,(H,22,25);1H. The second-order valence-corrected chi connectivity index (χ2v) is 6.94. The molecule has 1 aliphatic rings. The van der Waals surface area contributed by atoms with E-state index in [2.05, 4.69) is 15.7 Å². The molecule has 2 aromatic rings. The van der Waals surface area contributed by atoms with Crippen LogP contribution in [0.1, 0.15) is 53.5 Å². The van der Waals surface area contributed by atoms with Crippen LogP contribution in [0, 0.1) is 6.92 Å². The molecule has 1 aromatic carbocycles. The van der Waals surface area contributed by atoms with Crippen LogP contribution in [0.2, 0.25) is 0 Å². The molecule has 2 heterocycles. The van der Waals surface area contributed by atoms with Crippen LogP contribution in [0.5, 0.6) is 11.5 Å². The number of piperidine rings is 1. The molecule has 1 aromatic heterocycles. The Hall–Kier alpha value is -2.25. The molecule has 8 heteroatoms. The zero-order valence-corrected chi connectivity index (χ0v) is 17.6. The number of nitrogens with one attached hydrogen (secondary N) is 2. The molecule has 0 saturated carbocycles. The number of ether oxygens (including phenoxy) is 2. The molecule has 0 spiro atoms. The highest BCUT2D eigenvalue weighted by Crippen LogP contribution is 2.32. The fourth-order valence-corrected chi connectivity index (χ4v) is 3.53. The van der Waals surface area contributed by atoms with Gasteiger partial charge < -0.3 is 20.1 Å². The summed E-state index contributed by atoms with van der Waals surface area (Å²) in [6.45, 7) is 5.89. The number of rotatable bonds is 6. The highest BCUT2D eigenvalue weighted by atomic mass is 35.5. The number of carbonyl (C=O) groups excluding carboxylic acids is 1. The molecular formula is C20H29ClN4O3. The van der Waals surface area contributed by atoms with Gasteiger partial charge in [-0.3, -0.25) is 9.48 Å². The van der Waals surface area contributed by atoms with Gasteiger partial charge in [0.2, 0.25) is 0 Å². The zero-order chi connectivity index (χ0) is 19.4. The Bertz CT molecular complexity index is 803. The summed E-state index contributed by atoms with van der Waals surface area (Å²) in [5.41, 5.74) is 2.45. The fourth-order valence-electron chi connectivity index (χ4n) is 3.53. The molecule has 0 aliphatic carbocycles. The average molecular weight is 409 g/mol. The van der Waals surface area contributed by atoms with Gasteiger partial charge in [0, 0.05) is 12.7 Å². The van der Waals surface area contributed by atoms with Crippen molar-refractivity contribution in [2.75, 3.05) is 27.3 Å². The molecular weight excluding hydrogens is 380 g/mol. The predicted molar refractivity (Wildman–Crippen MR) is 111 cm³/mol. The summed E-state index contributed by atoms with van der Waals surface area (Å²) in [5, 5.41) is 10.9. The zero-order valence-electron chi connectivity index (χ0n) is 16.8. The van der Waals surface area contributed by atoms with Crippen molar-refractivity contribution in [3.63, 3.8) is 0 Å². The Labute approximate surface area is 172 Å². The van der Waals surface area contributed by atoms with Crippen molar-refractivity contribution < 1.29 is 14.3 Å². The number of carbonyl (C=O) groups is 1. The van der Waals surface area contributed by atoms with Gasteiger partial charge in [-0.2, -0.15) is 5.10 Å². The van der Waals surface area contributed by atoms with Gasteiger partial charge in [-0.05, 0) is 62.6 Å². The minimum atomic E-state index is -0.182. The average Bonchev–Trinajstić information content (AvgIpc) is 3.18. The molecule has 2 unspecified atom stereocenters. The molecule has 1 saturated heterocycles. The van der Waals surface area contributed by atoms with Crippen LogP contribution < -0.4 is 20.1 Å². The molecule has 1 fully saturated rings. The Morgan fingerprint density at radius 1 is 1.32 bits per heavy atom. The smallest absolute Gasteiger partial charge is 0.272 e. The van der Waals surface area contributed by atoms with Crippen LogP contribution in [0.4, 0.5) is 0 Å². The fraction of sp³-hybridized carbons (Fsp3) is 0.500. The van der Waals surface area contributed by atoms with E-state index in [0.717, 1.165) is 37.1 Å². The summed E-state index contributed by atoms with van der Waals surface area (Å²) in [7, 11) is 3.22. The van der Waals surface area contributed by atoms with E-state index < -0.39 is 0 Å². The van der Waals surface area contributed by atoms with Gasteiger partial charge in [-0.25, -0.2) is 0 Å². The van der Waals surface area contributed by atoms with Crippen molar-refractivity contribution in [3.8, 4) is 11.5 Å². The first kappa shape index (κ1) is 22.0. The van der Waals surface area contributed by atoms with Crippen molar-refractivity contribution in [1.29, 1.82) is 0 Å². The van der Waals surface area contributed by atoms with Crippen molar-refractivity contribution in [2.24, 2.45) is 0 Å². The van der Waals surface area contributed by atoms with Gasteiger partial charge in [0.15, 0.2) is 11.5 Å². The van der Waals surface area contributed by atoms with Crippen LogP contribution in [0.3, 0.4) is 0 Å². The van der Waals surface area contributed by atoms with Crippen molar-refractivity contribution in [2.45, 2.75) is 38.8 Å². The van der Waals surface area contributed by atoms with Crippen LogP contribution in [0.25, 0.3) is 0 Å². The summed E-state index contributed by atoms with van der Waals surface area (Å²) < 4.78 is 12.6. The van der Waals surface area contributed by atoms with Crippen molar-refractivity contribution in [1.82, 2.24) is 20.4 Å². The normalized spacial score (nSPS) is 17.4. The summed E-state index contributed by atoms with van der Waals surface area (Å²) in [6, 6.07) is 5.73. The molecule has 1 amide bonds. The number of methoxy groups -OCH3 is 2. The second-order valence-electron chi connectivity index (χ2n) is 6.94. The summed E-state index contributed by atoms with van der Waals surface area (Å²) in [5.74, 6) is 1.14.